The number of carboxylic acids is 2. The lowest BCUT2D eigenvalue weighted by Gasteiger charge is -2.34. The number of carboxylic acid groups (broad SMARTS) is 2. The SMILES string of the molecule is CC[C@@]1(O)C(=O)OCc2c1cc1n(c2=O)Cc2c-1nc1cc(F)c(C)c3c1c2[C@@H](NC(O)O[C@H]1/C=C/CC[C@@](C)(C(=O)N[C@@H](CC(=O)O)C(=O)O)CC1)CC3. The molecule has 16 heteroatoms. The van der Waals surface area contributed by atoms with Gasteiger partial charge in [0.15, 0.2) is 5.60 Å². The van der Waals surface area contributed by atoms with Gasteiger partial charge in [0.05, 0.1) is 41.5 Å². The summed E-state index contributed by atoms with van der Waals surface area (Å²) in [6, 6.07) is 0.811. The zero-order valence-electron chi connectivity index (χ0n) is 30.6. The number of esters is 1. The van der Waals surface area contributed by atoms with E-state index in [1.807, 2.05) is 6.08 Å². The van der Waals surface area contributed by atoms with E-state index in [1.165, 1.54) is 10.6 Å². The number of aromatic nitrogens is 2. The van der Waals surface area contributed by atoms with Crippen LogP contribution in [0.1, 0.15) is 98.2 Å². The predicted octanol–water partition coefficient (Wildman–Crippen LogP) is 2.95. The Morgan fingerprint density at radius 2 is 1.91 bits per heavy atom. The summed E-state index contributed by atoms with van der Waals surface area (Å²) in [7, 11) is 0. The van der Waals surface area contributed by atoms with E-state index in [4.69, 9.17) is 19.6 Å². The number of aliphatic hydroxyl groups is 2. The van der Waals surface area contributed by atoms with Crippen molar-refractivity contribution in [2.45, 2.75) is 115 Å². The van der Waals surface area contributed by atoms with E-state index in [9.17, 15) is 39.3 Å². The average Bonchev–Trinajstić information content (AvgIpc) is 3.50. The number of allylic oxidation sites excluding steroid dienone is 1. The number of hydrogen-bond acceptors (Lipinski definition) is 11. The second-order valence-electron chi connectivity index (χ2n) is 15.1. The van der Waals surface area contributed by atoms with Crippen molar-refractivity contribution in [1.82, 2.24) is 20.2 Å². The van der Waals surface area contributed by atoms with E-state index < -0.39 is 77.2 Å². The third kappa shape index (κ3) is 6.60. The van der Waals surface area contributed by atoms with Crippen LogP contribution in [0.2, 0.25) is 0 Å². The monoisotopic (exact) mass is 762 g/mol. The van der Waals surface area contributed by atoms with Gasteiger partial charge in [0.25, 0.3) is 5.56 Å². The van der Waals surface area contributed by atoms with Crippen LogP contribution in [0.25, 0.3) is 22.3 Å². The highest BCUT2D eigenvalue weighted by Gasteiger charge is 2.46. The molecule has 0 saturated carbocycles. The number of amides is 1. The average molecular weight is 763 g/mol. The topological polar surface area (TPSA) is 227 Å². The molecule has 4 aliphatic rings. The lowest BCUT2D eigenvalue weighted by Crippen LogP contribution is -2.49. The number of benzene rings is 1. The predicted molar refractivity (Wildman–Crippen MR) is 192 cm³/mol. The van der Waals surface area contributed by atoms with E-state index in [-0.39, 0.29) is 43.5 Å². The normalized spacial score (nSPS) is 25.7. The minimum atomic E-state index is -2.02. The lowest BCUT2D eigenvalue weighted by molar-refractivity contribution is -0.172. The molecule has 15 nitrogen and oxygen atoms in total. The number of aliphatic hydroxyl groups excluding tert-OH is 1. The quantitative estimate of drug-likeness (QED) is 0.0777. The van der Waals surface area contributed by atoms with Crippen LogP contribution in [0.3, 0.4) is 0 Å². The molecule has 292 valence electrons. The van der Waals surface area contributed by atoms with Crippen LogP contribution in [0.4, 0.5) is 4.39 Å². The van der Waals surface area contributed by atoms with Gasteiger partial charge in [0.2, 0.25) is 12.3 Å². The fourth-order valence-electron chi connectivity index (χ4n) is 8.48. The third-order valence-electron chi connectivity index (χ3n) is 11.7. The van der Waals surface area contributed by atoms with Gasteiger partial charge in [-0.1, -0.05) is 26.0 Å². The van der Waals surface area contributed by atoms with Crippen LogP contribution in [-0.4, -0.2) is 72.4 Å². The lowest BCUT2D eigenvalue weighted by atomic mass is 9.77. The number of rotatable bonds is 10. The van der Waals surface area contributed by atoms with Crippen LogP contribution in [0, 0.1) is 18.2 Å². The van der Waals surface area contributed by atoms with Gasteiger partial charge in [-0.05, 0) is 74.6 Å². The molecule has 0 spiro atoms. The van der Waals surface area contributed by atoms with E-state index in [0.29, 0.717) is 59.1 Å². The maximum Gasteiger partial charge on any atom is 0.343 e. The summed E-state index contributed by atoms with van der Waals surface area (Å²) in [5.41, 5.74) is 0.571. The number of nitrogens with zero attached hydrogens (tertiary/aromatic N) is 2. The van der Waals surface area contributed by atoms with Crippen molar-refractivity contribution in [2.75, 3.05) is 0 Å². The van der Waals surface area contributed by atoms with Gasteiger partial charge in [-0.15, -0.1) is 0 Å². The maximum atomic E-state index is 15.3. The molecule has 3 aromatic rings. The Kier molecular flexibility index (Phi) is 9.90. The highest BCUT2D eigenvalue weighted by Crippen LogP contribution is 2.46. The summed E-state index contributed by atoms with van der Waals surface area (Å²) in [6.07, 6.45) is 2.87. The molecular weight excluding hydrogens is 719 g/mol. The highest BCUT2D eigenvalue weighted by atomic mass is 19.1. The number of fused-ring (bicyclic) bond motifs is 5. The molecule has 6 atom stereocenters. The number of carbonyl (C=O) groups excluding carboxylic acids is 2. The second kappa shape index (κ2) is 14.2. The van der Waals surface area contributed by atoms with E-state index in [0.717, 1.165) is 11.1 Å². The molecule has 4 heterocycles. The molecule has 2 aliphatic carbocycles. The zero-order valence-corrected chi connectivity index (χ0v) is 30.6. The molecule has 0 bridgehead atoms. The molecule has 0 saturated heterocycles. The molecule has 55 heavy (non-hydrogen) atoms. The van der Waals surface area contributed by atoms with Gasteiger partial charge in [0, 0.05) is 34.0 Å². The number of carbonyl (C=O) groups is 4. The first kappa shape index (κ1) is 38.3. The number of cyclic esters (lactones) is 1. The largest absolute Gasteiger partial charge is 0.481 e. The fraction of sp³-hybridized carbons (Fsp3) is 0.487. The number of halogens is 1. The van der Waals surface area contributed by atoms with Crippen molar-refractivity contribution >= 4 is 34.7 Å². The zero-order chi connectivity index (χ0) is 39.6. The molecule has 0 fully saturated rings. The van der Waals surface area contributed by atoms with Gasteiger partial charge in [-0.3, -0.25) is 19.7 Å². The van der Waals surface area contributed by atoms with Crippen LogP contribution in [0.5, 0.6) is 0 Å². The molecule has 2 aliphatic heterocycles. The minimum Gasteiger partial charge on any atom is -0.481 e. The van der Waals surface area contributed by atoms with Gasteiger partial charge in [-0.2, -0.15) is 0 Å². The van der Waals surface area contributed by atoms with E-state index in [2.05, 4.69) is 10.6 Å². The summed E-state index contributed by atoms with van der Waals surface area (Å²) in [5, 5.41) is 47.5. The van der Waals surface area contributed by atoms with Crippen LogP contribution < -0.4 is 16.2 Å². The number of aryl methyl sites for hydroxylation is 1. The molecule has 6 N–H and O–H groups in total. The molecule has 1 aromatic carbocycles. The molecule has 7 rings (SSSR count). The Labute approximate surface area is 314 Å². The Hall–Kier alpha value is -5.03. The molecule has 1 amide bonds. The fourth-order valence-corrected chi connectivity index (χ4v) is 8.48. The molecule has 2 aromatic heterocycles. The van der Waals surface area contributed by atoms with Crippen molar-refractivity contribution in [3.8, 4) is 11.4 Å². The number of pyridine rings is 2. The summed E-state index contributed by atoms with van der Waals surface area (Å²) >= 11 is 0. The van der Waals surface area contributed by atoms with Crippen molar-refractivity contribution < 1.29 is 53.5 Å². The van der Waals surface area contributed by atoms with E-state index in [1.54, 1.807) is 32.9 Å². The Balaban J connectivity index is 1.17. The number of aliphatic carboxylic acids is 2. The van der Waals surface area contributed by atoms with Gasteiger partial charge in [-0.25, -0.2) is 19.0 Å². The van der Waals surface area contributed by atoms with Crippen molar-refractivity contribution in [2.24, 2.45) is 5.41 Å². The molecule has 0 radical (unpaired) electrons. The van der Waals surface area contributed by atoms with Crippen molar-refractivity contribution in [3.63, 3.8) is 0 Å². The molecular formula is C39H43FN4O11. The summed E-state index contributed by atoms with van der Waals surface area (Å²) in [4.78, 5) is 67.5. The summed E-state index contributed by atoms with van der Waals surface area (Å²) < 4.78 is 28.1. The minimum absolute atomic E-state index is 0.0245. The van der Waals surface area contributed by atoms with Gasteiger partial charge < -0.3 is 39.8 Å². The number of nitrogens with one attached hydrogen (secondary N) is 2. The maximum absolute atomic E-state index is 15.3. The van der Waals surface area contributed by atoms with E-state index >= 15 is 4.39 Å². The first-order valence-corrected chi connectivity index (χ1v) is 18.4. The Morgan fingerprint density at radius 3 is 2.62 bits per heavy atom. The Bertz CT molecular complexity index is 2240. The number of hydrogen-bond donors (Lipinski definition) is 6. The van der Waals surface area contributed by atoms with Crippen LogP contribution in [-0.2, 0) is 53.8 Å². The first-order valence-electron chi connectivity index (χ1n) is 18.4. The third-order valence-corrected chi connectivity index (χ3v) is 11.7. The second-order valence-corrected chi connectivity index (χ2v) is 15.1. The van der Waals surface area contributed by atoms with Crippen LogP contribution >= 0.6 is 0 Å². The van der Waals surface area contributed by atoms with Crippen molar-refractivity contribution in [1.29, 1.82) is 0 Å². The summed E-state index contributed by atoms with van der Waals surface area (Å²) in [6.45, 7) is 4.81. The first-order chi connectivity index (χ1) is 26.1. The highest BCUT2D eigenvalue weighted by molar-refractivity contribution is 5.93. The standard InChI is InChI=1S/C39H43FN4O11/c1-4-39(53)23-13-28-32-21(16-44(28)33(47)22(23)17-54-36(39)51)31-25(9-8-20-18(2)24(40)14-26(41-32)30(20)31)43-37(52)55-19-7-5-6-11-38(3,12-10-19)35(50)42-27(34(48)49)15-29(45)46/h5,7,13-14,19,25,27,37,43,52-53H,4,6,8-12,15-17H2,1-3H3,(H,42,50)(H,45,46)(H,48,49)/b7-5+/t19-,25-,27-,37?,38+,39-/m0/s1. The molecule has 1 unspecified atom stereocenters. The Morgan fingerprint density at radius 1 is 1.15 bits per heavy atom. The summed E-state index contributed by atoms with van der Waals surface area (Å²) in [5.74, 6) is -4.67. The van der Waals surface area contributed by atoms with Crippen molar-refractivity contribution in [3.05, 3.63) is 73.8 Å². The van der Waals surface area contributed by atoms with Gasteiger partial charge >= 0.3 is 17.9 Å². The van der Waals surface area contributed by atoms with Gasteiger partial charge in [0.1, 0.15) is 18.5 Å². The number of ether oxygens (including phenoxy) is 2. The smallest absolute Gasteiger partial charge is 0.343 e. The van der Waals surface area contributed by atoms with Crippen LogP contribution in [0.15, 0.2) is 29.1 Å².